The monoisotopic (exact) mass is 429 g/mol. The molecule has 158 valence electrons. The summed E-state index contributed by atoms with van der Waals surface area (Å²) < 4.78 is 45.6. The third-order valence-corrected chi connectivity index (χ3v) is 5.75. The van der Waals surface area contributed by atoms with E-state index in [9.17, 15) is 18.0 Å². The largest absolute Gasteiger partial charge is 0.422 e. The summed E-state index contributed by atoms with van der Waals surface area (Å²) in [6.07, 6.45) is 1.53. The van der Waals surface area contributed by atoms with E-state index in [4.69, 9.17) is 4.18 Å². The number of carbonyl (C=O) groups excluding carboxylic acids is 1. The van der Waals surface area contributed by atoms with Crippen LogP contribution in [0.2, 0.25) is 0 Å². The minimum absolute atomic E-state index is 0.0623. The van der Waals surface area contributed by atoms with Crippen molar-refractivity contribution < 1.29 is 22.1 Å². The molecule has 3 heterocycles. The molecule has 2 amide bonds. The van der Waals surface area contributed by atoms with Crippen LogP contribution in [-0.2, 0) is 7.05 Å². The number of hydrogen-bond donors (Lipinski definition) is 1. The first-order chi connectivity index (χ1) is 13.8. The van der Waals surface area contributed by atoms with Crippen LogP contribution >= 0.6 is 12.0 Å². The third-order valence-electron chi connectivity index (χ3n) is 4.79. The van der Waals surface area contributed by atoms with Crippen molar-refractivity contribution in [1.29, 1.82) is 0 Å². The Morgan fingerprint density at radius 3 is 2.69 bits per heavy atom. The van der Waals surface area contributed by atoms with E-state index in [1.807, 2.05) is 6.92 Å². The van der Waals surface area contributed by atoms with Gasteiger partial charge < -0.3 is 14.4 Å². The highest BCUT2D eigenvalue weighted by Crippen LogP contribution is 2.34. The first-order valence-electron chi connectivity index (χ1n) is 9.16. The standard InChI is InChI=1S/C18H22F3N5O2S/c1-11(29-28-14-10-25(2)24-16(14)17(20)21)12-5-7-26(8-6-12)18(27)23-13-3-4-15(19)22-9-13/h3-4,9-12,17H,5-8H2,1-2H3,(H,23,27). The van der Waals surface area contributed by atoms with Crippen LogP contribution in [0.5, 0.6) is 5.75 Å². The number of amides is 2. The predicted octanol–water partition coefficient (Wildman–Crippen LogP) is 4.25. The second-order valence-electron chi connectivity index (χ2n) is 6.86. The number of carbonyl (C=O) groups is 1. The first-order valence-corrected chi connectivity index (χ1v) is 9.96. The molecule has 2 aromatic rings. The lowest BCUT2D eigenvalue weighted by Gasteiger charge is -2.34. The second-order valence-corrected chi connectivity index (χ2v) is 7.96. The number of piperidine rings is 1. The first kappa shape index (κ1) is 21.3. The van der Waals surface area contributed by atoms with Gasteiger partial charge in [0.05, 0.1) is 30.1 Å². The molecule has 1 saturated heterocycles. The van der Waals surface area contributed by atoms with Crippen LogP contribution in [0, 0.1) is 11.9 Å². The lowest BCUT2D eigenvalue weighted by Crippen LogP contribution is -2.42. The van der Waals surface area contributed by atoms with Gasteiger partial charge in [-0.05, 0) is 37.8 Å². The van der Waals surface area contributed by atoms with E-state index >= 15 is 0 Å². The molecule has 1 fully saturated rings. The number of urea groups is 1. The fraction of sp³-hybridized carbons (Fsp3) is 0.500. The van der Waals surface area contributed by atoms with Crippen molar-refractivity contribution >= 4 is 23.8 Å². The zero-order chi connectivity index (χ0) is 21.0. The number of nitrogens with one attached hydrogen (secondary N) is 1. The molecule has 7 nitrogen and oxygen atoms in total. The number of rotatable bonds is 6. The van der Waals surface area contributed by atoms with Gasteiger partial charge in [0, 0.05) is 25.4 Å². The SMILES string of the molecule is CC(SOc1cn(C)nc1C(F)F)C1CCN(C(=O)Nc2ccc(F)nc2)CC1. The number of hydrogen-bond acceptors (Lipinski definition) is 5. The molecule has 0 spiro atoms. The van der Waals surface area contributed by atoms with Gasteiger partial charge in [-0.2, -0.15) is 9.49 Å². The minimum atomic E-state index is -2.69. The summed E-state index contributed by atoms with van der Waals surface area (Å²) in [6.45, 7) is 3.10. The number of pyridine rings is 1. The molecule has 3 rings (SSSR count). The smallest absolute Gasteiger partial charge is 0.321 e. The molecule has 0 aliphatic carbocycles. The fourth-order valence-corrected chi connectivity index (χ4v) is 3.94. The van der Waals surface area contributed by atoms with Crippen LogP contribution in [0.3, 0.4) is 0 Å². The zero-order valence-corrected chi connectivity index (χ0v) is 16.8. The van der Waals surface area contributed by atoms with Gasteiger partial charge in [0.15, 0.2) is 11.4 Å². The van der Waals surface area contributed by atoms with E-state index in [1.54, 1.807) is 11.9 Å². The molecule has 1 atom stereocenters. The molecule has 0 aromatic carbocycles. The summed E-state index contributed by atoms with van der Waals surface area (Å²) in [7, 11) is 1.57. The van der Waals surface area contributed by atoms with Crippen LogP contribution in [-0.4, -0.2) is 44.0 Å². The van der Waals surface area contributed by atoms with E-state index in [0.717, 1.165) is 24.9 Å². The second kappa shape index (κ2) is 9.38. The van der Waals surface area contributed by atoms with Gasteiger partial charge in [-0.25, -0.2) is 18.6 Å². The molecule has 1 unspecified atom stereocenters. The molecule has 1 aliphatic rings. The number of likely N-dealkylation sites (tertiary alicyclic amines) is 1. The molecule has 0 saturated carbocycles. The van der Waals surface area contributed by atoms with Crippen LogP contribution in [0.4, 0.5) is 23.7 Å². The van der Waals surface area contributed by atoms with Crippen molar-refractivity contribution in [1.82, 2.24) is 19.7 Å². The maximum absolute atomic E-state index is 13.0. The highest BCUT2D eigenvalue weighted by Gasteiger charge is 2.28. The Morgan fingerprint density at radius 2 is 2.07 bits per heavy atom. The number of halogens is 3. The molecule has 1 N–H and O–H groups in total. The Bertz CT molecular complexity index is 825. The van der Waals surface area contributed by atoms with Gasteiger partial charge in [0.1, 0.15) is 0 Å². The highest BCUT2D eigenvalue weighted by molar-refractivity contribution is 7.95. The van der Waals surface area contributed by atoms with Crippen molar-refractivity contribution in [3.63, 3.8) is 0 Å². The van der Waals surface area contributed by atoms with Crippen molar-refractivity contribution in [2.45, 2.75) is 31.4 Å². The van der Waals surface area contributed by atoms with Gasteiger partial charge in [0.2, 0.25) is 5.95 Å². The van der Waals surface area contributed by atoms with E-state index in [1.165, 1.54) is 29.2 Å². The van der Waals surface area contributed by atoms with E-state index < -0.39 is 12.4 Å². The molecule has 11 heteroatoms. The van der Waals surface area contributed by atoms with E-state index in [2.05, 4.69) is 15.4 Å². The zero-order valence-electron chi connectivity index (χ0n) is 16.0. The van der Waals surface area contributed by atoms with Gasteiger partial charge in [-0.1, -0.05) is 0 Å². The summed E-state index contributed by atoms with van der Waals surface area (Å²) in [5, 5.41) is 6.48. The van der Waals surface area contributed by atoms with Crippen LogP contribution < -0.4 is 9.50 Å². The van der Waals surface area contributed by atoms with Crippen molar-refractivity contribution in [2.24, 2.45) is 13.0 Å². The lowest BCUT2D eigenvalue weighted by atomic mass is 9.94. The van der Waals surface area contributed by atoms with Gasteiger partial charge in [-0.3, -0.25) is 4.68 Å². The Balaban J connectivity index is 1.46. The van der Waals surface area contributed by atoms with Crippen LogP contribution in [0.1, 0.15) is 31.9 Å². The van der Waals surface area contributed by atoms with Crippen molar-refractivity contribution in [2.75, 3.05) is 18.4 Å². The lowest BCUT2D eigenvalue weighted by molar-refractivity contribution is 0.143. The normalized spacial score (nSPS) is 16.1. The average Bonchev–Trinajstić information content (AvgIpc) is 3.09. The average molecular weight is 429 g/mol. The maximum Gasteiger partial charge on any atom is 0.321 e. The third kappa shape index (κ3) is 5.55. The number of nitrogens with zero attached hydrogens (tertiary/aromatic N) is 4. The summed E-state index contributed by atoms with van der Waals surface area (Å²) in [4.78, 5) is 17.5. The van der Waals surface area contributed by atoms with Crippen LogP contribution in [0.15, 0.2) is 24.5 Å². The molecule has 2 aromatic heterocycles. The minimum Gasteiger partial charge on any atom is -0.422 e. The van der Waals surface area contributed by atoms with Gasteiger partial charge in [-0.15, -0.1) is 0 Å². The van der Waals surface area contributed by atoms with Gasteiger partial charge in [0.25, 0.3) is 6.43 Å². The topological polar surface area (TPSA) is 72.3 Å². The highest BCUT2D eigenvalue weighted by atomic mass is 32.2. The number of aryl methyl sites for hydroxylation is 1. The Morgan fingerprint density at radius 1 is 1.34 bits per heavy atom. The quantitative estimate of drug-likeness (QED) is 0.549. The summed E-state index contributed by atoms with van der Waals surface area (Å²) in [5.41, 5.74) is 0.0659. The summed E-state index contributed by atoms with van der Waals surface area (Å²) in [6, 6.07) is 2.38. The Labute approximate surface area is 170 Å². The van der Waals surface area contributed by atoms with Gasteiger partial charge >= 0.3 is 6.03 Å². The summed E-state index contributed by atoms with van der Waals surface area (Å²) >= 11 is 1.14. The molecule has 29 heavy (non-hydrogen) atoms. The predicted molar refractivity (Wildman–Crippen MR) is 103 cm³/mol. The number of alkyl halides is 2. The summed E-state index contributed by atoms with van der Waals surface area (Å²) in [5.74, 6) is -0.253. The Hall–Kier alpha value is -2.43. The maximum atomic E-state index is 13.0. The van der Waals surface area contributed by atoms with Crippen LogP contribution in [0.25, 0.3) is 0 Å². The number of aromatic nitrogens is 3. The van der Waals surface area contributed by atoms with Crippen molar-refractivity contribution in [3.8, 4) is 5.75 Å². The molecular formula is C18H22F3N5O2S. The molecule has 0 bridgehead atoms. The molecule has 1 aliphatic heterocycles. The number of anilines is 1. The van der Waals surface area contributed by atoms with E-state index in [0.29, 0.717) is 18.8 Å². The van der Waals surface area contributed by atoms with Crippen molar-refractivity contribution in [3.05, 3.63) is 36.2 Å². The molecule has 0 radical (unpaired) electrons. The Kier molecular flexibility index (Phi) is 6.88. The van der Waals surface area contributed by atoms with E-state index in [-0.39, 0.29) is 28.6 Å². The molecular weight excluding hydrogens is 407 g/mol. The fourth-order valence-electron chi connectivity index (χ4n) is 3.13.